The fourth-order valence-electron chi connectivity index (χ4n) is 1.50. The van der Waals surface area contributed by atoms with Gasteiger partial charge in [-0.3, -0.25) is 0 Å². The zero-order valence-electron chi connectivity index (χ0n) is 8.05. The molecule has 1 aromatic carbocycles. The van der Waals surface area contributed by atoms with E-state index >= 15 is 0 Å². The quantitative estimate of drug-likeness (QED) is 0.743. The van der Waals surface area contributed by atoms with Crippen molar-refractivity contribution in [2.24, 2.45) is 0 Å². The van der Waals surface area contributed by atoms with Gasteiger partial charge in [-0.05, 0) is 18.1 Å². The minimum absolute atomic E-state index is 0.842. The van der Waals surface area contributed by atoms with Crippen molar-refractivity contribution in [3.63, 3.8) is 0 Å². The van der Waals surface area contributed by atoms with E-state index in [1.165, 1.54) is 5.57 Å². The first-order valence-electron chi connectivity index (χ1n) is 4.63. The van der Waals surface area contributed by atoms with Gasteiger partial charge in [0.05, 0.1) is 5.03 Å². The highest BCUT2D eigenvalue weighted by Gasteiger charge is 2.11. The summed E-state index contributed by atoms with van der Waals surface area (Å²) in [5.74, 6) is 0. The van der Waals surface area contributed by atoms with Gasteiger partial charge < -0.3 is 5.32 Å². The number of benzene rings is 1. The smallest absolute Gasteiger partial charge is 0.0505 e. The Morgan fingerprint density at radius 2 is 1.93 bits per heavy atom. The molecule has 0 bridgehead atoms. The van der Waals surface area contributed by atoms with Crippen LogP contribution in [0, 0.1) is 0 Å². The lowest BCUT2D eigenvalue weighted by Crippen LogP contribution is -2.15. The zero-order valence-corrected chi connectivity index (χ0v) is 8.81. The van der Waals surface area contributed by atoms with E-state index in [0.29, 0.717) is 0 Å². The normalized spacial score (nSPS) is 16.3. The molecule has 1 heterocycles. The van der Waals surface area contributed by atoms with Crippen molar-refractivity contribution < 1.29 is 0 Å². The molecule has 1 aliphatic heterocycles. The summed E-state index contributed by atoms with van der Waals surface area (Å²) >= 11 is 6.24. The van der Waals surface area contributed by atoms with Crippen molar-refractivity contribution in [1.29, 1.82) is 0 Å². The van der Waals surface area contributed by atoms with Gasteiger partial charge in [0, 0.05) is 18.3 Å². The van der Waals surface area contributed by atoms with Crippen LogP contribution in [0.1, 0.15) is 12.5 Å². The Hall–Kier alpha value is -1.21. The number of halogens is 1. The summed E-state index contributed by atoms with van der Waals surface area (Å²) in [7, 11) is 0. The fraction of sp³-hybridized carbons (Fsp3) is 0.167. The maximum absolute atomic E-state index is 6.24. The van der Waals surface area contributed by atoms with E-state index in [0.717, 1.165) is 22.7 Å². The topological polar surface area (TPSA) is 12.0 Å². The molecule has 0 radical (unpaired) electrons. The predicted octanol–water partition coefficient (Wildman–Crippen LogP) is 3.14. The van der Waals surface area contributed by atoms with Crippen LogP contribution in [0.15, 0.2) is 47.1 Å². The van der Waals surface area contributed by atoms with Gasteiger partial charge in [0.15, 0.2) is 0 Å². The van der Waals surface area contributed by atoms with Crippen LogP contribution in [0.25, 0.3) is 5.57 Å². The summed E-state index contributed by atoms with van der Waals surface area (Å²) in [4.78, 5) is 0. The molecule has 1 N–H and O–H groups in total. The van der Waals surface area contributed by atoms with Crippen molar-refractivity contribution in [3.05, 3.63) is 52.7 Å². The van der Waals surface area contributed by atoms with Gasteiger partial charge in [0.1, 0.15) is 0 Å². The molecular formula is C12H12ClN. The van der Waals surface area contributed by atoms with Crippen LogP contribution in [0.3, 0.4) is 0 Å². The van der Waals surface area contributed by atoms with E-state index in [1.54, 1.807) is 0 Å². The second kappa shape index (κ2) is 3.89. The Labute approximate surface area is 89.1 Å². The van der Waals surface area contributed by atoms with E-state index in [1.807, 2.05) is 31.3 Å². The van der Waals surface area contributed by atoms with Crippen LogP contribution < -0.4 is 5.32 Å². The number of allylic oxidation sites excluding steroid dienone is 2. The average Bonchev–Trinajstić information content (AvgIpc) is 2.23. The lowest BCUT2D eigenvalue weighted by atomic mass is 10.0. The first-order valence-corrected chi connectivity index (χ1v) is 5.01. The van der Waals surface area contributed by atoms with Crippen LogP contribution in [-0.2, 0) is 0 Å². The highest BCUT2D eigenvalue weighted by atomic mass is 35.5. The third kappa shape index (κ3) is 1.68. The monoisotopic (exact) mass is 205 g/mol. The first-order chi connectivity index (χ1) is 6.79. The Morgan fingerprint density at radius 1 is 1.21 bits per heavy atom. The Kier molecular flexibility index (Phi) is 2.60. The zero-order chi connectivity index (χ0) is 9.97. The van der Waals surface area contributed by atoms with Gasteiger partial charge >= 0.3 is 0 Å². The Balaban J connectivity index is 2.41. The number of hydrogen-bond acceptors (Lipinski definition) is 1. The first kappa shape index (κ1) is 9.35. The standard InChI is InChI=1S/C12H12ClN/c1-9-7-14-8-11(12(9)13)10-5-3-2-4-6-10/h2-6,8,14H,7H2,1H3. The Bertz CT molecular complexity index is 390. The van der Waals surface area contributed by atoms with Gasteiger partial charge in [-0.25, -0.2) is 0 Å². The summed E-state index contributed by atoms with van der Waals surface area (Å²) in [5.41, 5.74) is 3.42. The Morgan fingerprint density at radius 3 is 2.64 bits per heavy atom. The van der Waals surface area contributed by atoms with Gasteiger partial charge in [-0.2, -0.15) is 0 Å². The molecule has 0 fully saturated rings. The molecule has 0 spiro atoms. The molecular weight excluding hydrogens is 194 g/mol. The number of dihydropyridines is 1. The highest BCUT2D eigenvalue weighted by molar-refractivity contribution is 6.37. The summed E-state index contributed by atoms with van der Waals surface area (Å²) in [6.45, 7) is 2.89. The van der Waals surface area contributed by atoms with Crippen molar-refractivity contribution in [1.82, 2.24) is 5.32 Å². The molecule has 0 saturated heterocycles. The average molecular weight is 206 g/mol. The molecule has 14 heavy (non-hydrogen) atoms. The molecule has 1 aliphatic rings. The van der Waals surface area contributed by atoms with Crippen LogP contribution >= 0.6 is 11.6 Å². The molecule has 0 unspecified atom stereocenters. The molecule has 0 atom stereocenters. The highest BCUT2D eigenvalue weighted by Crippen LogP contribution is 2.29. The minimum atomic E-state index is 0.842. The maximum Gasteiger partial charge on any atom is 0.0505 e. The van der Waals surface area contributed by atoms with Gasteiger partial charge in [-0.1, -0.05) is 41.9 Å². The van der Waals surface area contributed by atoms with E-state index < -0.39 is 0 Å². The van der Waals surface area contributed by atoms with E-state index in [9.17, 15) is 0 Å². The molecule has 1 nitrogen and oxygen atoms in total. The molecule has 2 rings (SSSR count). The van der Waals surface area contributed by atoms with Gasteiger partial charge in [0.2, 0.25) is 0 Å². The van der Waals surface area contributed by atoms with Gasteiger partial charge in [-0.15, -0.1) is 0 Å². The summed E-state index contributed by atoms with van der Waals surface area (Å²) in [6, 6.07) is 10.2. The fourth-order valence-corrected chi connectivity index (χ4v) is 1.74. The number of rotatable bonds is 1. The lowest BCUT2D eigenvalue weighted by molar-refractivity contribution is 0.921. The van der Waals surface area contributed by atoms with Crippen LogP contribution in [0.4, 0.5) is 0 Å². The second-order valence-corrected chi connectivity index (χ2v) is 3.78. The number of nitrogens with one attached hydrogen (secondary N) is 1. The summed E-state index contributed by atoms with van der Waals surface area (Å²) in [6.07, 6.45) is 1.98. The third-order valence-electron chi connectivity index (χ3n) is 2.31. The second-order valence-electron chi connectivity index (χ2n) is 3.40. The van der Waals surface area contributed by atoms with E-state index in [2.05, 4.69) is 17.4 Å². The maximum atomic E-state index is 6.24. The molecule has 0 amide bonds. The predicted molar refractivity (Wildman–Crippen MR) is 61.0 cm³/mol. The van der Waals surface area contributed by atoms with Crippen molar-refractivity contribution in [2.75, 3.05) is 6.54 Å². The summed E-state index contributed by atoms with van der Waals surface area (Å²) in [5, 5.41) is 4.08. The molecule has 0 saturated carbocycles. The molecule has 2 heteroatoms. The van der Waals surface area contributed by atoms with Crippen molar-refractivity contribution >= 4 is 17.2 Å². The third-order valence-corrected chi connectivity index (χ3v) is 2.84. The molecule has 0 aliphatic carbocycles. The van der Waals surface area contributed by atoms with Crippen LogP contribution in [0.2, 0.25) is 0 Å². The van der Waals surface area contributed by atoms with E-state index in [4.69, 9.17) is 11.6 Å². The van der Waals surface area contributed by atoms with Crippen LogP contribution in [-0.4, -0.2) is 6.54 Å². The molecule has 1 aromatic rings. The van der Waals surface area contributed by atoms with Crippen molar-refractivity contribution in [3.8, 4) is 0 Å². The van der Waals surface area contributed by atoms with Gasteiger partial charge in [0.25, 0.3) is 0 Å². The lowest BCUT2D eigenvalue weighted by Gasteiger charge is -2.16. The van der Waals surface area contributed by atoms with Crippen LogP contribution in [0.5, 0.6) is 0 Å². The molecule has 0 aromatic heterocycles. The van der Waals surface area contributed by atoms with E-state index in [-0.39, 0.29) is 0 Å². The molecule has 72 valence electrons. The summed E-state index contributed by atoms with van der Waals surface area (Å²) < 4.78 is 0. The minimum Gasteiger partial charge on any atom is -0.387 e. The largest absolute Gasteiger partial charge is 0.387 e. The number of hydrogen-bond donors (Lipinski definition) is 1. The van der Waals surface area contributed by atoms with Crippen molar-refractivity contribution in [2.45, 2.75) is 6.92 Å². The SMILES string of the molecule is CC1=C(Cl)C(c2ccccc2)=CNC1.